The van der Waals surface area contributed by atoms with E-state index in [1.165, 1.54) is 0 Å². The fraction of sp³-hybridized carbons (Fsp3) is 0.333. The molecule has 0 aliphatic rings. The number of carbonyl (C=O) groups is 1. The largest absolute Gasteiger partial charge is 0.481 e. The molecule has 0 bridgehead atoms. The van der Waals surface area contributed by atoms with E-state index < -0.39 is 5.97 Å². The van der Waals surface area contributed by atoms with Crippen molar-refractivity contribution in [2.45, 2.75) is 26.2 Å². The fourth-order valence-electron chi connectivity index (χ4n) is 2.43. The van der Waals surface area contributed by atoms with Gasteiger partial charge in [0.05, 0.1) is 12.1 Å². The number of anilines is 2. The summed E-state index contributed by atoms with van der Waals surface area (Å²) in [6.45, 7) is 7.85. The maximum absolute atomic E-state index is 10.7. The molecule has 0 amide bonds. The van der Waals surface area contributed by atoms with Crippen molar-refractivity contribution >= 4 is 17.5 Å². The average molecular weight is 370 g/mol. The summed E-state index contributed by atoms with van der Waals surface area (Å²) >= 11 is 0. The van der Waals surface area contributed by atoms with Crippen molar-refractivity contribution in [3.05, 3.63) is 66.4 Å². The van der Waals surface area contributed by atoms with Gasteiger partial charge in [0.15, 0.2) is 0 Å². The minimum absolute atomic E-state index is 0.0738. The van der Waals surface area contributed by atoms with Gasteiger partial charge >= 0.3 is 5.97 Å². The molecule has 2 aromatic rings. The lowest BCUT2D eigenvalue weighted by molar-refractivity contribution is -0.136. The highest BCUT2D eigenvalue weighted by molar-refractivity contribution is 5.70. The molecular formula is C21H30N4O2. The van der Waals surface area contributed by atoms with Crippen LogP contribution in [-0.2, 0) is 17.6 Å². The lowest BCUT2D eigenvalue weighted by Gasteiger charge is -2.09. The average Bonchev–Trinajstić information content (AvgIpc) is 2.63. The molecule has 1 aromatic heterocycles. The number of pyridine rings is 1. The predicted molar refractivity (Wildman–Crippen MR) is 112 cm³/mol. The van der Waals surface area contributed by atoms with E-state index in [1.807, 2.05) is 43.3 Å². The van der Waals surface area contributed by atoms with Gasteiger partial charge in [-0.25, -0.2) is 4.98 Å². The van der Waals surface area contributed by atoms with Gasteiger partial charge in [-0.05, 0) is 56.1 Å². The van der Waals surface area contributed by atoms with E-state index >= 15 is 0 Å². The SMILES string of the molecule is C=CC.Nc1ncccc1NCCCNCCc1cccc(CC(=O)O)c1. The van der Waals surface area contributed by atoms with E-state index in [1.54, 1.807) is 12.3 Å². The van der Waals surface area contributed by atoms with Crippen molar-refractivity contribution in [2.75, 3.05) is 30.7 Å². The molecule has 2 rings (SSSR count). The number of aliphatic carboxylic acids is 1. The quantitative estimate of drug-likeness (QED) is 0.379. The number of allylic oxidation sites excluding steroid dienone is 1. The fourth-order valence-corrected chi connectivity index (χ4v) is 2.43. The second-order valence-corrected chi connectivity index (χ2v) is 6.02. The zero-order valence-corrected chi connectivity index (χ0v) is 15.9. The van der Waals surface area contributed by atoms with Gasteiger partial charge in [0.2, 0.25) is 0 Å². The van der Waals surface area contributed by atoms with E-state index in [9.17, 15) is 4.79 Å². The Kier molecular flexibility index (Phi) is 11.0. The van der Waals surface area contributed by atoms with Crippen LogP contribution >= 0.6 is 0 Å². The third kappa shape index (κ3) is 10.0. The van der Waals surface area contributed by atoms with Gasteiger partial charge in [0, 0.05) is 12.7 Å². The van der Waals surface area contributed by atoms with Crippen molar-refractivity contribution in [3.63, 3.8) is 0 Å². The molecule has 146 valence electrons. The number of nitrogens with one attached hydrogen (secondary N) is 2. The van der Waals surface area contributed by atoms with E-state index in [4.69, 9.17) is 10.8 Å². The second kappa shape index (κ2) is 13.4. The minimum Gasteiger partial charge on any atom is -0.481 e. The van der Waals surface area contributed by atoms with Crippen LogP contribution in [0.2, 0.25) is 0 Å². The van der Waals surface area contributed by atoms with E-state index in [2.05, 4.69) is 22.2 Å². The second-order valence-electron chi connectivity index (χ2n) is 6.02. The Bertz CT molecular complexity index is 704. The molecule has 6 heteroatoms. The van der Waals surface area contributed by atoms with E-state index in [-0.39, 0.29) is 6.42 Å². The molecule has 0 radical (unpaired) electrons. The number of nitrogen functional groups attached to an aromatic ring is 1. The van der Waals surface area contributed by atoms with Crippen molar-refractivity contribution in [2.24, 2.45) is 0 Å². The Morgan fingerprint density at radius 1 is 1.22 bits per heavy atom. The van der Waals surface area contributed by atoms with Crippen LogP contribution in [0.4, 0.5) is 11.5 Å². The Labute approximate surface area is 161 Å². The van der Waals surface area contributed by atoms with Gasteiger partial charge in [-0.1, -0.05) is 30.3 Å². The lowest BCUT2D eigenvalue weighted by Crippen LogP contribution is -2.21. The molecule has 1 heterocycles. The van der Waals surface area contributed by atoms with Gasteiger partial charge in [-0.3, -0.25) is 4.79 Å². The highest BCUT2D eigenvalue weighted by Gasteiger charge is 2.01. The van der Waals surface area contributed by atoms with Crippen LogP contribution < -0.4 is 16.4 Å². The van der Waals surface area contributed by atoms with Crippen molar-refractivity contribution in [1.82, 2.24) is 10.3 Å². The van der Waals surface area contributed by atoms with Crippen LogP contribution in [0.25, 0.3) is 0 Å². The smallest absolute Gasteiger partial charge is 0.307 e. The van der Waals surface area contributed by atoms with Crippen LogP contribution in [0.1, 0.15) is 24.5 Å². The van der Waals surface area contributed by atoms with Gasteiger partial charge < -0.3 is 21.5 Å². The number of nitrogens with zero attached hydrogens (tertiary/aromatic N) is 1. The molecule has 0 fully saturated rings. The van der Waals surface area contributed by atoms with Gasteiger partial charge in [0.1, 0.15) is 5.82 Å². The first-order valence-electron chi connectivity index (χ1n) is 9.08. The van der Waals surface area contributed by atoms with E-state index in [0.29, 0.717) is 5.82 Å². The first kappa shape index (κ1) is 22.2. The lowest BCUT2D eigenvalue weighted by atomic mass is 10.1. The van der Waals surface area contributed by atoms with Crippen LogP contribution in [0.15, 0.2) is 55.3 Å². The zero-order valence-electron chi connectivity index (χ0n) is 15.9. The summed E-state index contributed by atoms with van der Waals surface area (Å²) in [6, 6.07) is 11.5. The maximum atomic E-state index is 10.7. The number of hydrogen-bond acceptors (Lipinski definition) is 5. The van der Waals surface area contributed by atoms with Crippen molar-refractivity contribution < 1.29 is 9.90 Å². The molecule has 0 saturated heterocycles. The summed E-state index contributed by atoms with van der Waals surface area (Å²) in [5.74, 6) is -0.279. The van der Waals surface area contributed by atoms with Crippen LogP contribution in [-0.4, -0.2) is 35.7 Å². The Hall–Kier alpha value is -2.86. The summed E-state index contributed by atoms with van der Waals surface area (Å²) in [5.41, 5.74) is 8.63. The number of carboxylic acids is 1. The standard InChI is InChI=1S/C18H24N4O2.C3H6/c19-18-16(6-2-9-22-18)21-10-3-8-20-11-7-14-4-1-5-15(12-14)13-17(23)24;1-3-2/h1-2,4-6,9,12,20-21H,3,7-8,10-11,13H2,(H2,19,22)(H,23,24);3H,1H2,2H3. The normalized spacial score (nSPS) is 9.81. The third-order valence-electron chi connectivity index (χ3n) is 3.62. The summed E-state index contributed by atoms with van der Waals surface area (Å²) < 4.78 is 0. The summed E-state index contributed by atoms with van der Waals surface area (Å²) in [5, 5.41) is 15.5. The third-order valence-corrected chi connectivity index (χ3v) is 3.62. The number of nitrogens with two attached hydrogens (primary N) is 1. The molecule has 0 spiro atoms. The van der Waals surface area contributed by atoms with Gasteiger partial charge in [0.25, 0.3) is 0 Å². The number of carboxylic acid groups (broad SMARTS) is 1. The molecule has 27 heavy (non-hydrogen) atoms. The molecule has 0 atom stereocenters. The Morgan fingerprint density at radius 2 is 1.96 bits per heavy atom. The zero-order chi connectivity index (χ0) is 19.9. The van der Waals surface area contributed by atoms with Crippen LogP contribution in [0.5, 0.6) is 0 Å². The predicted octanol–water partition coefficient (Wildman–Crippen LogP) is 3.12. The summed E-state index contributed by atoms with van der Waals surface area (Å²) in [7, 11) is 0. The highest BCUT2D eigenvalue weighted by Crippen LogP contribution is 2.12. The molecule has 5 N–H and O–H groups in total. The molecule has 0 aliphatic carbocycles. The van der Waals surface area contributed by atoms with Crippen molar-refractivity contribution in [3.8, 4) is 0 Å². The number of hydrogen-bond donors (Lipinski definition) is 4. The molecular weight excluding hydrogens is 340 g/mol. The molecule has 1 aromatic carbocycles. The molecule has 0 saturated carbocycles. The Balaban J connectivity index is 0.00000114. The topological polar surface area (TPSA) is 100 Å². The van der Waals surface area contributed by atoms with Gasteiger partial charge in [-0.2, -0.15) is 0 Å². The highest BCUT2D eigenvalue weighted by atomic mass is 16.4. The number of rotatable bonds is 10. The van der Waals surface area contributed by atoms with Crippen LogP contribution in [0.3, 0.4) is 0 Å². The minimum atomic E-state index is -0.799. The first-order chi connectivity index (χ1) is 13.1. The first-order valence-corrected chi connectivity index (χ1v) is 9.08. The summed E-state index contributed by atoms with van der Waals surface area (Å²) in [4.78, 5) is 14.8. The summed E-state index contributed by atoms with van der Waals surface area (Å²) in [6.07, 6.45) is 5.36. The van der Waals surface area contributed by atoms with E-state index in [0.717, 1.165) is 49.3 Å². The Morgan fingerprint density at radius 3 is 2.67 bits per heavy atom. The maximum Gasteiger partial charge on any atom is 0.307 e. The molecule has 0 aliphatic heterocycles. The van der Waals surface area contributed by atoms with Gasteiger partial charge in [-0.15, -0.1) is 6.58 Å². The van der Waals surface area contributed by atoms with Crippen LogP contribution in [0, 0.1) is 0 Å². The number of benzene rings is 1. The number of aromatic nitrogens is 1. The van der Waals surface area contributed by atoms with Crippen molar-refractivity contribution in [1.29, 1.82) is 0 Å². The monoisotopic (exact) mass is 370 g/mol. The molecule has 0 unspecified atom stereocenters. The molecule has 6 nitrogen and oxygen atoms in total.